The second-order valence-corrected chi connectivity index (χ2v) is 6.74. The fourth-order valence-corrected chi connectivity index (χ4v) is 3.12. The fraction of sp³-hybridized carbons (Fsp3) is 0.130. The van der Waals surface area contributed by atoms with Gasteiger partial charge in [-0.1, -0.05) is 30.3 Å². The number of aliphatic hydroxyl groups excluding tert-OH is 1. The van der Waals surface area contributed by atoms with Crippen molar-refractivity contribution in [3.63, 3.8) is 0 Å². The van der Waals surface area contributed by atoms with Crippen LogP contribution in [0.2, 0.25) is 0 Å². The lowest BCUT2D eigenvalue weighted by atomic mass is 10.1. The van der Waals surface area contributed by atoms with Gasteiger partial charge in [-0.2, -0.15) is 4.98 Å². The maximum atomic E-state index is 9.73. The third-order valence-electron chi connectivity index (χ3n) is 4.55. The van der Waals surface area contributed by atoms with Crippen molar-refractivity contribution in [2.45, 2.75) is 12.8 Å². The molecule has 0 saturated heterocycles. The van der Waals surface area contributed by atoms with Crippen LogP contribution in [0.1, 0.15) is 12.0 Å². The van der Waals surface area contributed by atoms with Crippen LogP contribution in [0.4, 0.5) is 23.1 Å². The van der Waals surface area contributed by atoms with Crippen LogP contribution in [0.25, 0.3) is 10.9 Å². The second-order valence-electron chi connectivity index (χ2n) is 6.74. The minimum Gasteiger partial charge on any atom is -0.508 e. The molecule has 6 nitrogen and oxygen atoms in total. The van der Waals surface area contributed by atoms with Crippen molar-refractivity contribution in [3.8, 4) is 5.75 Å². The van der Waals surface area contributed by atoms with Gasteiger partial charge in [-0.05, 0) is 54.8 Å². The van der Waals surface area contributed by atoms with Crippen molar-refractivity contribution in [1.29, 1.82) is 0 Å². The Morgan fingerprint density at radius 2 is 1.60 bits per heavy atom. The van der Waals surface area contributed by atoms with E-state index in [0.29, 0.717) is 11.8 Å². The van der Waals surface area contributed by atoms with Crippen molar-refractivity contribution in [3.05, 3.63) is 78.4 Å². The number of halogens is 1. The van der Waals surface area contributed by atoms with Crippen LogP contribution < -0.4 is 10.6 Å². The number of hydrogen-bond acceptors (Lipinski definition) is 6. The number of aromatic hydroxyl groups is 1. The number of aromatic nitrogens is 2. The summed E-state index contributed by atoms with van der Waals surface area (Å²) < 4.78 is 0. The molecule has 0 spiro atoms. The molecule has 0 aliphatic carbocycles. The lowest BCUT2D eigenvalue weighted by molar-refractivity contribution is 0.288. The van der Waals surface area contributed by atoms with Gasteiger partial charge in [0.15, 0.2) is 0 Å². The van der Waals surface area contributed by atoms with Gasteiger partial charge in [0.1, 0.15) is 11.6 Å². The Balaban J connectivity index is 0.00000256. The quantitative estimate of drug-likeness (QED) is 0.328. The Hall–Kier alpha value is -3.35. The number of nitrogens with zero attached hydrogens (tertiary/aromatic N) is 2. The molecule has 0 fully saturated rings. The number of para-hydroxylation sites is 1. The van der Waals surface area contributed by atoms with Crippen LogP contribution >= 0.6 is 12.4 Å². The van der Waals surface area contributed by atoms with Gasteiger partial charge in [-0.25, -0.2) is 4.98 Å². The molecule has 154 valence electrons. The Morgan fingerprint density at radius 3 is 2.37 bits per heavy atom. The fourth-order valence-electron chi connectivity index (χ4n) is 3.12. The molecule has 0 saturated carbocycles. The highest BCUT2D eigenvalue weighted by Gasteiger charge is 2.09. The molecule has 0 unspecified atom stereocenters. The minimum absolute atomic E-state index is 0. The van der Waals surface area contributed by atoms with Crippen LogP contribution in [-0.4, -0.2) is 26.8 Å². The van der Waals surface area contributed by atoms with Gasteiger partial charge in [-0.15, -0.1) is 12.4 Å². The first-order chi connectivity index (χ1) is 14.2. The average molecular weight is 423 g/mol. The molecule has 4 N–H and O–H groups in total. The summed E-state index contributed by atoms with van der Waals surface area (Å²) in [5.41, 5.74) is 3.62. The molecule has 0 amide bonds. The Labute approximate surface area is 181 Å². The zero-order valence-electron chi connectivity index (χ0n) is 16.2. The highest BCUT2D eigenvalue weighted by atomic mass is 35.5. The molecule has 0 bridgehead atoms. The predicted molar refractivity (Wildman–Crippen MR) is 123 cm³/mol. The van der Waals surface area contributed by atoms with E-state index in [0.717, 1.165) is 35.1 Å². The molecule has 30 heavy (non-hydrogen) atoms. The van der Waals surface area contributed by atoms with Crippen LogP contribution in [-0.2, 0) is 6.42 Å². The average Bonchev–Trinajstić information content (AvgIpc) is 2.73. The molecule has 0 aliphatic rings. The standard InChI is InChI=1S/C23H22N4O2.ClH/c28-14-4-5-16-10-12-17(13-11-16)25-23-26-21-9-2-1-8-20(21)22(27-23)24-18-6-3-7-19(29)15-18;/h1-3,6-13,15,28-29H,4-5,14H2,(H2,24,25,26,27);1H. The monoisotopic (exact) mass is 422 g/mol. The molecule has 4 aromatic rings. The number of nitrogens with one attached hydrogen (secondary N) is 2. The number of benzene rings is 3. The Bertz CT molecular complexity index is 1120. The van der Waals surface area contributed by atoms with E-state index in [1.165, 1.54) is 5.56 Å². The summed E-state index contributed by atoms with van der Waals surface area (Å²) in [5, 5.41) is 26.1. The van der Waals surface area contributed by atoms with E-state index in [9.17, 15) is 5.11 Å². The first kappa shape index (κ1) is 21.4. The minimum atomic E-state index is 0. The van der Waals surface area contributed by atoms with E-state index in [1.54, 1.807) is 18.2 Å². The Kier molecular flexibility index (Phi) is 7.06. The highest BCUT2D eigenvalue weighted by molar-refractivity contribution is 5.92. The van der Waals surface area contributed by atoms with Crippen molar-refractivity contribution in [1.82, 2.24) is 9.97 Å². The van der Waals surface area contributed by atoms with Crippen LogP contribution in [0.3, 0.4) is 0 Å². The SMILES string of the molecule is Cl.OCCCc1ccc(Nc2nc(Nc3cccc(O)c3)c3ccccc3n2)cc1. The van der Waals surface area contributed by atoms with E-state index in [4.69, 9.17) is 5.11 Å². The summed E-state index contributed by atoms with van der Waals surface area (Å²) >= 11 is 0. The summed E-state index contributed by atoms with van der Waals surface area (Å²) in [6, 6.07) is 22.7. The molecule has 7 heteroatoms. The zero-order valence-corrected chi connectivity index (χ0v) is 17.1. The van der Waals surface area contributed by atoms with E-state index < -0.39 is 0 Å². The number of aliphatic hydroxyl groups is 1. The largest absolute Gasteiger partial charge is 0.508 e. The van der Waals surface area contributed by atoms with Gasteiger partial charge in [0, 0.05) is 29.4 Å². The van der Waals surface area contributed by atoms with Gasteiger partial charge in [0.05, 0.1) is 5.52 Å². The molecular weight excluding hydrogens is 400 g/mol. The summed E-state index contributed by atoms with van der Waals surface area (Å²) in [5.74, 6) is 1.32. The molecule has 1 heterocycles. The molecule has 1 aromatic heterocycles. The molecule has 4 rings (SSSR count). The zero-order chi connectivity index (χ0) is 20.1. The van der Waals surface area contributed by atoms with Crippen molar-refractivity contribution >= 4 is 46.5 Å². The number of hydrogen-bond donors (Lipinski definition) is 4. The van der Waals surface area contributed by atoms with Crippen LogP contribution in [0, 0.1) is 0 Å². The number of phenolic OH excluding ortho intramolecular Hbond substituents is 1. The number of rotatable bonds is 7. The molecular formula is C23H23ClN4O2. The van der Waals surface area contributed by atoms with E-state index in [2.05, 4.69) is 20.6 Å². The smallest absolute Gasteiger partial charge is 0.229 e. The highest BCUT2D eigenvalue weighted by Crippen LogP contribution is 2.27. The third kappa shape index (κ3) is 5.17. The topological polar surface area (TPSA) is 90.3 Å². The summed E-state index contributed by atoms with van der Waals surface area (Å²) in [6.45, 7) is 0.194. The molecule has 0 aliphatic heterocycles. The second kappa shape index (κ2) is 9.91. The lowest BCUT2D eigenvalue weighted by Gasteiger charge is -2.12. The number of fused-ring (bicyclic) bond motifs is 1. The van der Waals surface area contributed by atoms with Crippen molar-refractivity contribution < 1.29 is 10.2 Å². The van der Waals surface area contributed by atoms with Gasteiger partial charge >= 0.3 is 0 Å². The first-order valence-corrected chi connectivity index (χ1v) is 9.51. The van der Waals surface area contributed by atoms with Gasteiger partial charge < -0.3 is 20.8 Å². The molecule has 0 radical (unpaired) electrons. The normalized spacial score (nSPS) is 10.4. The van der Waals surface area contributed by atoms with E-state index >= 15 is 0 Å². The summed E-state index contributed by atoms with van der Waals surface area (Å²) in [4.78, 5) is 9.26. The maximum Gasteiger partial charge on any atom is 0.229 e. The van der Waals surface area contributed by atoms with E-state index in [1.807, 2.05) is 54.6 Å². The summed E-state index contributed by atoms with van der Waals surface area (Å²) in [7, 11) is 0. The third-order valence-corrected chi connectivity index (χ3v) is 4.55. The number of phenols is 1. The van der Waals surface area contributed by atoms with Crippen molar-refractivity contribution in [2.75, 3.05) is 17.2 Å². The number of anilines is 4. The first-order valence-electron chi connectivity index (χ1n) is 9.51. The predicted octanol–water partition coefficient (Wildman–Crippen LogP) is 5.17. The molecule has 3 aromatic carbocycles. The van der Waals surface area contributed by atoms with Crippen LogP contribution in [0.15, 0.2) is 72.8 Å². The molecule has 0 atom stereocenters. The van der Waals surface area contributed by atoms with Crippen LogP contribution in [0.5, 0.6) is 5.75 Å². The van der Waals surface area contributed by atoms with Gasteiger partial charge in [0.25, 0.3) is 0 Å². The maximum absolute atomic E-state index is 9.73. The Morgan fingerprint density at radius 1 is 0.800 bits per heavy atom. The summed E-state index contributed by atoms with van der Waals surface area (Å²) in [6.07, 6.45) is 1.60. The van der Waals surface area contributed by atoms with Gasteiger partial charge in [-0.3, -0.25) is 0 Å². The van der Waals surface area contributed by atoms with Gasteiger partial charge in [0.2, 0.25) is 5.95 Å². The van der Waals surface area contributed by atoms with E-state index in [-0.39, 0.29) is 24.8 Å². The lowest BCUT2D eigenvalue weighted by Crippen LogP contribution is -2.02. The number of aryl methyl sites for hydroxylation is 1. The van der Waals surface area contributed by atoms with Crippen molar-refractivity contribution in [2.24, 2.45) is 0 Å².